The third-order valence-electron chi connectivity index (χ3n) is 2.50. The van der Waals surface area contributed by atoms with Crippen LogP contribution in [0.15, 0.2) is 22.7 Å². The van der Waals surface area contributed by atoms with Crippen LogP contribution >= 0.6 is 15.9 Å². The molecule has 0 heterocycles. The largest absolute Gasteiger partial charge is 0.375 e. The van der Waals surface area contributed by atoms with Crippen LogP contribution in [-0.2, 0) is 0 Å². The SMILES string of the molecule is CCCC(C)(C)Nc1ccc(Br)cc1[N+](=O)[O-]. The predicted octanol–water partition coefficient (Wildman–Crippen LogP) is 4.35. The molecule has 0 atom stereocenters. The average molecular weight is 301 g/mol. The minimum atomic E-state index is -0.366. The van der Waals surface area contributed by atoms with Gasteiger partial charge < -0.3 is 5.32 Å². The molecule has 94 valence electrons. The fourth-order valence-electron chi connectivity index (χ4n) is 1.81. The van der Waals surface area contributed by atoms with Crippen LogP contribution in [0.25, 0.3) is 0 Å². The second-order valence-corrected chi connectivity index (χ2v) is 5.59. The zero-order valence-corrected chi connectivity index (χ0v) is 11.9. The molecule has 0 radical (unpaired) electrons. The van der Waals surface area contributed by atoms with Crippen molar-refractivity contribution >= 4 is 27.3 Å². The first-order valence-electron chi connectivity index (χ1n) is 5.58. The number of nitro benzene ring substituents is 1. The Morgan fingerprint density at radius 2 is 2.12 bits per heavy atom. The molecule has 1 N–H and O–H groups in total. The van der Waals surface area contributed by atoms with Gasteiger partial charge in [0.15, 0.2) is 0 Å². The van der Waals surface area contributed by atoms with Crippen molar-refractivity contribution in [1.29, 1.82) is 0 Å². The molecule has 4 nitrogen and oxygen atoms in total. The predicted molar refractivity (Wildman–Crippen MR) is 73.4 cm³/mol. The Morgan fingerprint density at radius 1 is 1.47 bits per heavy atom. The molecule has 0 fully saturated rings. The fraction of sp³-hybridized carbons (Fsp3) is 0.500. The molecule has 0 aliphatic heterocycles. The standard InChI is InChI=1S/C12H17BrN2O2/c1-4-7-12(2,3)14-10-6-5-9(13)8-11(10)15(16)17/h5-6,8,14H,4,7H2,1-3H3. The Labute approximate surface area is 110 Å². The van der Waals surface area contributed by atoms with Crippen molar-refractivity contribution in [1.82, 2.24) is 0 Å². The van der Waals surface area contributed by atoms with Crippen LogP contribution in [0.2, 0.25) is 0 Å². The summed E-state index contributed by atoms with van der Waals surface area (Å²) in [4.78, 5) is 10.6. The van der Waals surface area contributed by atoms with Gasteiger partial charge >= 0.3 is 0 Å². The number of nitrogens with one attached hydrogen (secondary N) is 1. The lowest BCUT2D eigenvalue weighted by Gasteiger charge is -2.26. The molecular formula is C12H17BrN2O2. The molecule has 0 unspecified atom stereocenters. The lowest BCUT2D eigenvalue weighted by Crippen LogP contribution is -2.30. The van der Waals surface area contributed by atoms with E-state index >= 15 is 0 Å². The molecule has 0 amide bonds. The summed E-state index contributed by atoms with van der Waals surface area (Å²) < 4.78 is 0.711. The summed E-state index contributed by atoms with van der Waals surface area (Å²) in [6, 6.07) is 5.06. The Morgan fingerprint density at radius 3 is 2.65 bits per heavy atom. The van der Waals surface area contributed by atoms with Gasteiger partial charge in [0.1, 0.15) is 5.69 Å². The average Bonchev–Trinajstić information content (AvgIpc) is 2.20. The van der Waals surface area contributed by atoms with Crippen LogP contribution in [0, 0.1) is 10.1 Å². The molecule has 0 spiro atoms. The topological polar surface area (TPSA) is 55.2 Å². The van der Waals surface area contributed by atoms with Crippen LogP contribution in [-0.4, -0.2) is 10.5 Å². The van der Waals surface area contributed by atoms with Crippen molar-refractivity contribution in [3.8, 4) is 0 Å². The molecule has 5 heteroatoms. The van der Waals surface area contributed by atoms with Gasteiger partial charge in [-0.3, -0.25) is 10.1 Å². The Balaban J connectivity index is 3.02. The van der Waals surface area contributed by atoms with Gasteiger partial charge in [-0.2, -0.15) is 0 Å². The maximum absolute atomic E-state index is 11.0. The summed E-state index contributed by atoms with van der Waals surface area (Å²) in [5, 5.41) is 14.2. The summed E-state index contributed by atoms with van der Waals surface area (Å²) >= 11 is 3.24. The molecule has 0 aliphatic carbocycles. The number of nitro groups is 1. The maximum Gasteiger partial charge on any atom is 0.293 e. The number of halogens is 1. The quantitative estimate of drug-likeness (QED) is 0.650. The molecule has 1 aromatic rings. The van der Waals surface area contributed by atoms with Crippen molar-refractivity contribution in [2.45, 2.75) is 39.2 Å². The van der Waals surface area contributed by atoms with Gasteiger partial charge in [-0.15, -0.1) is 0 Å². The molecular weight excluding hydrogens is 284 g/mol. The normalized spacial score (nSPS) is 11.3. The second-order valence-electron chi connectivity index (χ2n) is 4.68. The lowest BCUT2D eigenvalue weighted by molar-refractivity contribution is -0.384. The molecule has 1 aromatic carbocycles. The van der Waals surface area contributed by atoms with Crippen LogP contribution in [0.1, 0.15) is 33.6 Å². The van der Waals surface area contributed by atoms with Gasteiger partial charge in [-0.05, 0) is 32.4 Å². The highest BCUT2D eigenvalue weighted by Gasteiger charge is 2.21. The van der Waals surface area contributed by atoms with E-state index in [1.807, 2.05) is 13.8 Å². The Hall–Kier alpha value is -1.10. The van der Waals surface area contributed by atoms with E-state index in [-0.39, 0.29) is 16.1 Å². The number of benzene rings is 1. The summed E-state index contributed by atoms with van der Waals surface area (Å²) in [6.45, 7) is 6.18. The number of hydrogen-bond donors (Lipinski definition) is 1. The summed E-state index contributed by atoms with van der Waals surface area (Å²) in [5.41, 5.74) is 0.521. The van der Waals surface area contributed by atoms with Crippen molar-refractivity contribution < 1.29 is 4.92 Å². The van der Waals surface area contributed by atoms with E-state index in [2.05, 4.69) is 28.2 Å². The smallest absolute Gasteiger partial charge is 0.293 e. The van der Waals surface area contributed by atoms with Gasteiger partial charge in [0, 0.05) is 16.1 Å². The second kappa shape index (κ2) is 5.49. The Kier molecular flexibility index (Phi) is 4.51. The molecule has 0 saturated heterocycles. The van der Waals surface area contributed by atoms with E-state index in [0.29, 0.717) is 10.2 Å². The number of hydrogen-bond acceptors (Lipinski definition) is 3. The first-order valence-corrected chi connectivity index (χ1v) is 6.37. The van der Waals surface area contributed by atoms with Crippen LogP contribution in [0.4, 0.5) is 11.4 Å². The van der Waals surface area contributed by atoms with Crippen molar-refractivity contribution in [2.24, 2.45) is 0 Å². The minimum absolute atomic E-state index is 0.101. The third kappa shape index (κ3) is 4.00. The van der Waals surface area contributed by atoms with E-state index in [1.165, 1.54) is 6.07 Å². The van der Waals surface area contributed by atoms with Crippen molar-refractivity contribution in [2.75, 3.05) is 5.32 Å². The monoisotopic (exact) mass is 300 g/mol. The summed E-state index contributed by atoms with van der Waals surface area (Å²) in [5.74, 6) is 0. The number of anilines is 1. The lowest BCUT2D eigenvalue weighted by atomic mass is 9.98. The first-order chi connectivity index (χ1) is 7.85. The molecule has 17 heavy (non-hydrogen) atoms. The van der Waals surface area contributed by atoms with E-state index in [1.54, 1.807) is 12.1 Å². The van der Waals surface area contributed by atoms with Gasteiger partial charge in [0.25, 0.3) is 5.69 Å². The molecule has 0 aromatic heterocycles. The number of nitrogens with zero attached hydrogens (tertiary/aromatic N) is 1. The van der Waals surface area contributed by atoms with Crippen molar-refractivity contribution in [3.63, 3.8) is 0 Å². The van der Waals surface area contributed by atoms with E-state index in [4.69, 9.17) is 0 Å². The van der Waals surface area contributed by atoms with Crippen LogP contribution < -0.4 is 5.32 Å². The highest BCUT2D eigenvalue weighted by atomic mass is 79.9. The highest BCUT2D eigenvalue weighted by molar-refractivity contribution is 9.10. The maximum atomic E-state index is 11.0. The zero-order chi connectivity index (χ0) is 13.1. The highest BCUT2D eigenvalue weighted by Crippen LogP contribution is 2.31. The third-order valence-corrected chi connectivity index (χ3v) is 3.00. The molecule has 0 aliphatic rings. The first kappa shape index (κ1) is 14.0. The van der Waals surface area contributed by atoms with E-state index in [9.17, 15) is 10.1 Å². The summed E-state index contributed by atoms with van der Waals surface area (Å²) in [7, 11) is 0. The van der Waals surface area contributed by atoms with Gasteiger partial charge in [-0.1, -0.05) is 29.3 Å². The van der Waals surface area contributed by atoms with E-state index in [0.717, 1.165) is 12.8 Å². The molecule has 1 rings (SSSR count). The molecule has 0 bridgehead atoms. The van der Waals surface area contributed by atoms with E-state index < -0.39 is 0 Å². The number of rotatable bonds is 5. The van der Waals surface area contributed by atoms with Crippen molar-refractivity contribution in [3.05, 3.63) is 32.8 Å². The summed E-state index contributed by atoms with van der Waals surface area (Å²) in [6.07, 6.45) is 1.99. The Bertz CT molecular complexity index is 419. The minimum Gasteiger partial charge on any atom is -0.375 e. The van der Waals surface area contributed by atoms with Gasteiger partial charge in [0.05, 0.1) is 4.92 Å². The fourth-order valence-corrected chi connectivity index (χ4v) is 2.16. The zero-order valence-electron chi connectivity index (χ0n) is 10.3. The molecule has 0 saturated carbocycles. The van der Waals surface area contributed by atoms with Crippen LogP contribution in [0.3, 0.4) is 0 Å². The van der Waals surface area contributed by atoms with Crippen LogP contribution in [0.5, 0.6) is 0 Å². The van der Waals surface area contributed by atoms with Gasteiger partial charge in [0.2, 0.25) is 0 Å². The van der Waals surface area contributed by atoms with Gasteiger partial charge in [-0.25, -0.2) is 0 Å².